The molecular weight excluding hydrogens is 176 g/mol. The zero-order valence-electron chi connectivity index (χ0n) is 7.08. The third kappa shape index (κ3) is 3.53. The highest BCUT2D eigenvalue weighted by Crippen LogP contribution is 2.02. The number of aliphatic hydroxyl groups excluding tert-OH is 4. The lowest BCUT2D eigenvalue weighted by atomic mass is 10.0. The Morgan fingerprint density at radius 1 is 1.15 bits per heavy atom. The fourth-order valence-corrected chi connectivity index (χ4v) is 0.703. The van der Waals surface area contributed by atoms with Gasteiger partial charge in [-0.05, 0) is 6.92 Å². The van der Waals surface area contributed by atoms with E-state index in [0.29, 0.717) is 0 Å². The maximum Gasteiger partial charge on any atom is 0.151 e. The summed E-state index contributed by atoms with van der Waals surface area (Å²) < 4.78 is 0. The van der Waals surface area contributed by atoms with Crippen LogP contribution in [0, 0.1) is 11.8 Å². The van der Waals surface area contributed by atoms with Gasteiger partial charge in [-0.25, -0.2) is 0 Å². The summed E-state index contributed by atoms with van der Waals surface area (Å²) >= 11 is 0. The van der Waals surface area contributed by atoms with Crippen LogP contribution in [0.15, 0.2) is 0 Å². The number of hydrogen-bond acceptors (Lipinski definition) is 5. The molecular formula is C8H12O5. The van der Waals surface area contributed by atoms with E-state index in [-0.39, 0.29) is 6.29 Å². The number of carbonyl (C=O) groups is 1. The molecule has 0 aromatic rings. The molecule has 13 heavy (non-hydrogen) atoms. The van der Waals surface area contributed by atoms with Crippen molar-refractivity contribution in [2.24, 2.45) is 0 Å². The van der Waals surface area contributed by atoms with Crippen molar-refractivity contribution in [1.82, 2.24) is 0 Å². The molecule has 0 saturated heterocycles. The molecule has 5 nitrogen and oxygen atoms in total. The van der Waals surface area contributed by atoms with Crippen LogP contribution < -0.4 is 0 Å². The van der Waals surface area contributed by atoms with Gasteiger partial charge < -0.3 is 25.2 Å². The molecule has 5 heteroatoms. The molecule has 0 bridgehead atoms. The van der Waals surface area contributed by atoms with Gasteiger partial charge in [0, 0.05) is 0 Å². The molecule has 0 spiro atoms. The minimum Gasteiger partial charge on any atom is -0.387 e. The summed E-state index contributed by atoms with van der Waals surface area (Å²) in [6.45, 7) is 1.44. The van der Waals surface area contributed by atoms with Crippen LogP contribution in [-0.4, -0.2) is 51.1 Å². The van der Waals surface area contributed by atoms with Gasteiger partial charge in [-0.2, -0.15) is 0 Å². The van der Waals surface area contributed by atoms with Crippen molar-refractivity contribution in [3.63, 3.8) is 0 Å². The number of aldehydes is 1. The molecule has 0 amide bonds. The maximum atomic E-state index is 9.99. The fourth-order valence-electron chi connectivity index (χ4n) is 0.703. The smallest absolute Gasteiger partial charge is 0.151 e. The molecule has 0 saturated carbocycles. The van der Waals surface area contributed by atoms with Crippen LogP contribution in [0.5, 0.6) is 0 Å². The van der Waals surface area contributed by atoms with E-state index in [2.05, 4.69) is 11.8 Å². The Morgan fingerprint density at radius 2 is 1.69 bits per heavy atom. The standard InChI is InChI=1S/C8H12O5/c1-2-3-5(10)7(12)8(13)6(11)4-9/h4-8,10-13H,1H3/t5?,6-,7-,8+/m1/s1. The lowest BCUT2D eigenvalue weighted by Gasteiger charge is -2.20. The lowest BCUT2D eigenvalue weighted by Crippen LogP contribution is -2.44. The van der Waals surface area contributed by atoms with Crippen LogP contribution >= 0.6 is 0 Å². The van der Waals surface area contributed by atoms with Gasteiger partial charge in [-0.3, -0.25) is 0 Å². The van der Waals surface area contributed by atoms with E-state index in [4.69, 9.17) is 20.4 Å². The molecule has 0 aromatic heterocycles. The zero-order valence-corrected chi connectivity index (χ0v) is 7.08. The minimum atomic E-state index is -1.73. The van der Waals surface area contributed by atoms with Crippen LogP contribution in [0.1, 0.15) is 6.92 Å². The summed E-state index contributed by atoms with van der Waals surface area (Å²) in [6.07, 6.45) is -6.51. The summed E-state index contributed by atoms with van der Waals surface area (Å²) in [7, 11) is 0. The second kappa shape index (κ2) is 5.67. The van der Waals surface area contributed by atoms with E-state index in [1.54, 1.807) is 0 Å². The molecule has 0 aromatic carbocycles. The Kier molecular flexibility index (Phi) is 5.26. The second-order valence-electron chi connectivity index (χ2n) is 2.45. The van der Waals surface area contributed by atoms with Gasteiger partial charge in [0.05, 0.1) is 0 Å². The molecule has 0 fully saturated rings. The summed E-state index contributed by atoms with van der Waals surface area (Å²) in [5.41, 5.74) is 0. The molecule has 1 unspecified atom stereocenters. The number of carbonyl (C=O) groups excluding carboxylic acids is 1. The van der Waals surface area contributed by atoms with Crippen LogP contribution in [-0.2, 0) is 4.79 Å². The number of rotatable bonds is 4. The lowest BCUT2D eigenvalue weighted by molar-refractivity contribution is -0.130. The average molecular weight is 188 g/mol. The molecule has 0 aliphatic carbocycles. The van der Waals surface area contributed by atoms with E-state index in [0.717, 1.165) is 0 Å². The minimum absolute atomic E-state index is 0.0694. The van der Waals surface area contributed by atoms with E-state index in [1.165, 1.54) is 6.92 Å². The first kappa shape index (κ1) is 12.1. The quantitative estimate of drug-likeness (QED) is 0.292. The van der Waals surface area contributed by atoms with Gasteiger partial charge in [0.15, 0.2) is 6.29 Å². The Labute approximate surface area is 75.6 Å². The molecule has 74 valence electrons. The number of aliphatic hydroxyl groups is 4. The topological polar surface area (TPSA) is 98.0 Å². The van der Waals surface area contributed by atoms with E-state index in [9.17, 15) is 4.79 Å². The van der Waals surface area contributed by atoms with Crippen LogP contribution in [0.3, 0.4) is 0 Å². The first-order valence-electron chi connectivity index (χ1n) is 3.64. The summed E-state index contributed by atoms with van der Waals surface area (Å²) in [5, 5.41) is 35.9. The van der Waals surface area contributed by atoms with Crippen molar-refractivity contribution in [3.05, 3.63) is 0 Å². The maximum absolute atomic E-state index is 9.99. The fraction of sp³-hybridized carbons (Fsp3) is 0.625. The first-order valence-corrected chi connectivity index (χ1v) is 3.64. The largest absolute Gasteiger partial charge is 0.387 e. The van der Waals surface area contributed by atoms with Crippen LogP contribution in [0.4, 0.5) is 0 Å². The van der Waals surface area contributed by atoms with Crippen molar-refractivity contribution < 1.29 is 25.2 Å². The molecule has 0 aliphatic rings. The van der Waals surface area contributed by atoms with Crippen molar-refractivity contribution in [2.75, 3.05) is 0 Å². The third-order valence-corrected chi connectivity index (χ3v) is 1.45. The molecule has 0 aliphatic heterocycles. The van der Waals surface area contributed by atoms with Crippen molar-refractivity contribution in [3.8, 4) is 11.8 Å². The predicted molar refractivity (Wildman–Crippen MR) is 43.5 cm³/mol. The van der Waals surface area contributed by atoms with Gasteiger partial charge >= 0.3 is 0 Å². The third-order valence-electron chi connectivity index (χ3n) is 1.45. The first-order chi connectivity index (χ1) is 6.04. The highest BCUT2D eigenvalue weighted by molar-refractivity contribution is 5.56. The zero-order chi connectivity index (χ0) is 10.4. The van der Waals surface area contributed by atoms with E-state index in [1.807, 2.05) is 0 Å². The predicted octanol–water partition coefficient (Wildman–Crippen LogP) is -2.35. The Balaban J connectivity index is 4.28. The normalized spacial score (nSPS) is 19.2. The Morgan fingerprint density at radius 3 is 2.08 bits per heavy atom. The van der Waals surface area contributed by atoms with E-state index >= 15 is 0 Å². The van der Waals surface area contributed by atoms with Gasteiger partial charge in [0.1, 0.15) is 24.4 Å². The molecule has 0 rings (SSSR count). The molecule has 4 N–H and O–H groups in total. The summed E-state index contributed by atoms with van der Waals surface area (Å²) in [5.74, 6) is 4.49. The Hall–Kier alpha value is -0.930. The highest BCUT2D eigenvalue weighted by atomic mass is 16.4. The Bertz CT molecular complexity index is 216. The molecule has 4 atom stereocenters. The van der Waals surface area contributed by atoms with Crippen LogP contribution in [0.2, 0.25) is 0 Å². The van der Waals surface area contributed by atoms with Gasteiger partial charge in [0.2, 0.25) is 0 Å². The number of hydrogen-bond donors (Lipinski definition) is 4. The SMILES string of the molecule is CC#CC(O)[C@@H](O)[C@@H](O)[C@H](O)C=O. The van der Waals surface area contributed by atoms with Gasteiger partial charge in [-0.15, -0.1) is 5.92 Å². The average Bonchev–Trinajstić information content (AvgIpc) is 2.14. The highest BCUT2D eigenvalue weighted by Gasteiger charge is 2.28. The molecule has 0 radical (unpaired) electrons. The van der Waals surface area contributed by atoms with Crippen LogP contribution in [0.25, 0.3) is 0 Å². The van der Waals surface area contributed by atoms with Crippen molar-refractivity contribution >= 4 is 6.29 Å². The van der Waals surface area contributed by atoms with Gasteiger partial charge in [0.25, 0.3) is 0 Å². The summed E-state index contributed by atoms with van der Waals surface area (Å²) in [4.78, 5) is 9.99. The molecule has 0 heterocycles. The summed E-state index contributed by atoms with van der Waals surface area (Å²) in [6, 6.07) is 0. The van der Waals surface area contributed by atoms with Crippen molar-refractivity contribution in [1.29, 1.82) is 0 Å². The van der Waals surface area contributed by atoms with Crippen molar-refractivity contribution in [2.45, 2.75) is 31.3 Å². The van der Waals surface area contributed by atoms with E-state index < -0.39 is 24.4 Å². The second-order valence-corrected chi connectivity index (χ2v) is 2.45. The monoisotopic (exact) mass is 188 g/mol. The van der Waals surface area contributed by atoms with Gasteiger partial charge in [-0.1, -0.05) is 5.92 Å².